The molecule has 0 unspecified atom stereocenters. The number of carbonyl (C=O) groups excluding carboxylic acids is 1. The summed E-state index contributed by atoms with van der Waals surface area (Å²) in [6.45, 7) is 1.60. The molecule has 0 bridgehead atoms. The van der Waals surface area contributed by atoms with Crippen LogP contribution in [0.25, 0.3) is 22.8 Å². The standard InChI is InChI=1S/C22H22ClN3O3/c23-17-9-7-8-16(14-17)22-24-21(25-29-22)18-10-3-4-11-19(18)28-15-20(27)26-12-5-1-2-6-13-26/h3-4,7-11,14H,1-2,5-6,12-13,15H2. The zero-order chi connectivity index (χ0) is 20.1. The molecule has 1 aromatic heterocycles. The number of rotatable bonds is 5. The number of hydrogen-bond donors (Lipinski definition) is 0. The number of likely N-dealkylation sites (tertiary alicyclic amines) is 1. The predicted molar refractivity (Wildman–Crippen MR) is 111 cm³/mol. The molecule has 3 aromatic rings. The van der Waals surface area contributed by atoms with Gasteiger partial charge in [0.15, 0.2) is 6.61 Å². The van der Waals surface area contributed by atoms with Crippen LogP contribution < -0.4 is 4.74 Å². The minimum Gasteiger partial charge on any atom is -0.483 e. The quantitative estimate of drug-likeness (QED) is 0.601. The smallest absolute Gasteiger partial charge is 0.260 e. The van der Waals surface area contributed by atoms with Gasteiger partial charge in [0, 0.05) is 23.7 Å². The second-order valence-electron chi connectivity index (χ2n) is 7.01. The Morgan fingerprint density at radius 3 is 2.66 bits per heavy atom. The van der Waals surface area contributed by atoms with Crippen molar-refractivity contribution >= 4 is 17.5 Å². The van der Waals surface area contributed by atoms with Crippen LogP contribution in [0.2, 0.25) is 5.02 Å². The second kappa shape index (κ2) is 9.09. The lowest BCUT2D eigenvalue weighted by Crippen LogP contribution is -2.35. The van der Waals surface area contributed by atoms with E-state index >= 15 is 0 Å². The van der Waals surface area contributed by atoms with Crippen LogP contribution >= 0.6 is 11.6 Å². The maximum absolute atomic E-state index is 12.5. The Morgan fingerprint density at radius 1 is 1.07 bits per heavy atom. The molecule has 7 heteroatoms. The topological polar surface area (TPSA) is 68.5 Å². The molecule has 6 nitrogen and oxygen atoms in total. The van der Waals surface area contributed by atoms with Gasteiger partial charge in [-0.05, 0) is 43.2 Å². The number of ether oxygens (including phenoxy) is 1. The molecule has 150 valence electrons. The Balaban J connectivity index is 1.49. The van der Waals surface area contributed by atoms with Crippen LogP contribution in [-0.4, -0.2) is 40.6 Å². The van der Waals surface area contributed by atoms with E-state index in [1.165, 1.54) is 12.8 Å². The van der Waals surface area contributed by atoms with Gasteiger partial charge in [0.2, 0.25) is 5.82 Å². The molecule has 2 heterocycles. The molecule has 0 aliphatic carbocycles. The van der Waals surface area contributed by atoms with Crippen LogP contribution in [-0.2, 0) is 4.79 Å². The van der Waals surface area contributed by atoms with Crippen molar-refractivity contribution in [2.75, 3.05) is 19.7 Å². The van der Waals surface area contributed by atoms with Crippen molar-refractivity contribution in [1.82, 2.24) is 15.0 Å². The minimum absolute atomic E-state index is 0.00395. The number of para-hydroxylation sites is 1. The van der Waals surface area contributed by atoms with Gasteiger partial charge in [0.05, 0.1) is 5.56 Å². The van der Waals surface area contributed by atoms with E-state index in [9.17, 15) is 4.79 Å². The summed E-state index contributed by atoms with van der Waals surface area (Å²) in [5.74, 6) is 1.33. The molecule has 0 spiro atoms. The Labute approximate surface area is 174 Å². The first kappa shape index (κ1) is 19.5. The zero-order valence-corrected chi connectivity index (χ0v) is 16.8. The zero-order valence-electron chi connectivity index (χ0n) is 16.0. The lowest BCUT2D eigenvalue weighted by Gasteiger charge is -2.20. The summed E-state index contributed by atoms with van der Waals surface area (Å²) in [5, 5.41) is 4.67. The highest BCUT2D eigenvalue weighted by Gasteiger charge is 2.18. The number of hydrogen-bond acceptors (Lipinski definition) is 5. The van der Waals surface area contributed by atoms with Crippen LogP contribution in [0.3, 0.4) is 0 Å². The number of amides is 1. The first-order valence-corrected chi connectivity index (χ1v) is 10.2. The van der Waals surface area contributed by atoms with Crippen LogP contribution in [0.1, 0.15) is 25.7 Å². The van der Waals surface area contributed by atoms with Gasteiger partial charge in [-0.1, -0.05) is 47.8 Å². The number of benzene rings is 2. The molecule has 29 heavy (non-hydrogen) atoms. The molecule has 0 saturated carbocycles. The van der Waals surface area contributed by atoms with E-state index in [0.29, 0.717) is 28.1 Å². The average Bonchev–Trinajstić information content (AvgIpc) is 3.07. The van der Waals surface area contributed by atoms with Crippen LogP contribution in [0.4, 0.5) is 0 Å². The molecule has 1 fully saturated rings. The van der Waals surface area contributed by atoms with Crippen molar-refractivity contribution in [2.24, 2.45) is 0 Å². The van der Waals surface area contributed by atoms with Crippen molar-refractivity contribution in [1.29, 1.82) is 0 Å². The highest BCUT2D eigenvalue weighted by molar-refractivity contribution is 6.30. The van der Waals surface area contributed by atoms with Crippen molar-refractivity contribution in [3.63, 3.8) is 0 Å². The second-order valence-corrected chi connectivity index (χ2v) is 7.45. The fourth-order valence-electron chi connectivity index (χ4n) is 3.40. The first-order chi connectivity index (χ1) is 14.2. The highest BCUT2D eigenvalue weighted by Crippen LogP contribution is 2.30. The first-order valence-electron chi connectivity index (χ1n) is 9.80. The molecule has 0 atom stereocenters. The lowest BCUT2D eigenvalue weighted by molar-refractivity contribution is -0.133. The van der Waals surface area contributed by atoms with E-state index < -0.39 is 0 Å². The molecule has 1 amide bonds. The van der Waals surface area contributed by atoms with Gasteiger partial charge in [0.1, 0.15) is 5.75 Å². The largest absolute Gasteiger partial charge is 0.483 e. The molecule has 2 aromatic carbocycles. The molecule has 4 rings (SSSR count). The van der Waals surface area contributed by atoms with Gasteiger partial charge in [-0.15, -0.1) is 0 Å². The third kappa shape index (κ3) is 4.77. The highest BCUT2D eigenvalue weighted by atomic mass is 35.5. The van der Waals surface area contributed by atoms with E-state index in [-0.39, 0.29) is 12.5 Å². The van der Waals surface area contributed by atoms with Gasteiger partial charge in [-0.3, -0.25) is 4.79 Å². The fraction of sp³-hybridized carbons (Fsp3) is 0.318. The number of nitrogens with zero attached hydrogens (tertiary/aromatic N) is 3. The van der Waals surface area contributed by atoms with Crippen LogP contribution in [0.5, 0.6) is 5.75 Å². The third-order valence-electron chi connectivity index (χ3n) is 4.94. The normalized spacial score (nSPS) is 14.4. The summed E-state index contributed by atoms with van der Waals surface area (Å²) >= 11 is 6.04. The maximum Gasteiger partial charge on any atom is 0.260 e. The lowest BCUT2D eigenvalue weighted by atomic mass is 10.2. The molecule has 1 saturated heterocycles. The predicted octanol–water partition coefficient (Wildman–Crippen LogP) is 4.84. The Bertz CT molecular complexity index is 981. The van der Waals surface area contributed by atoms with E-state index in [1.54, 1.807) is 18.2 Å². The summed E-state index contributed by atoms with van der Waals surface area (Å²) in [6, 6.07) is 14.6. The van der Waals surface area contributed by atoms with Crippen LogP contribution in [0, 0.1) is 0 Å². The summed E-state index contributed by atoms with van der Waals surface area (Å²) < 4.78 is 11.2. The van der Waals surface area contributed by atoms with E-state index in [2.05, 4.69) is 10.1 Å². The molecule has 0 radical (unpaired) electrons. The van der Waals surface area contributed by atoms with E-state index in [4.69, 9.17) is 20.9 Å². The van der Waals surface area contributed by atoms with E-state index in [1.807, 2.05) is 35.2 Å². The monoisotopic (exact) mass is 411 g/mol. The van der Waals surface area contributed by atoms with Gasteiger partial charge < -0.3 is 14.2 Å². The molecule has 1 aliphatic heterocycles. The Morgan fingerprint density at radius 2 is 1.86 bits per heavy atom. The van der Waals surface area contributed by atoms with Gasteiger partial charge in [-0.2, -0.15) is 4.98 Å². The fourth-order valence-corrected chi connectivity index (χ4v) is 3.59. The summed E-state index contributed by atoms with van der Waals surface area (Å²) in [4.78, 5) is 18.9. The van der Waals surface area contributed by atoms with Crippen molar-refractivity contribution < 1.29 is 14.1 Å². The third-order valence-corrected chi connectivity index (χ3v) is 5.17. The van der Waals surface area contributed by atoms with E-state index in [0.717, 1.165) is 31.5 Å². The SMILES string of the molecule is O=C(COc1ccccc1-c1noc(-c2cccc(Cl)c2)n1)N1CCCCCC1. The molecular weight excluding hydrogens is 390 g/mol. The van der Waals surface area contributed by atoms with Gasteiger partial charge in [-0.25, -0.2) is 0 Å². The van der Waals surface area contributed by atoms with Crippen molar-refractivity contribution in [3.05, 3.63) is 53.6 Å². The van der Waals surface area contributed by atoms with Gasteiger partial charge in [0.25, 0.3) is 11.8 Å². The molecule has 1 aliphatic rings. The molecule has 0 N–H and O–H groups in total. The summed E-state index contributed by atoms with van der Waals surface area (Å²) in [7, 11) is 0. The van der Waals surface area contributed by atoms with Crippen LogP contribution in [0.15, 0.2) is 53.1 Å². The number of carbonyl (C=O) groups is 1. The Hall–Kier alpha value is -2.86. The van der Waals surface area contributed by atoms with Crippen molar-refractivity contribution in [2.45, 2.75) is 25.7 Å². The van der Waals surface area contributed by atoms with Crippen molar-refractivity contribution in [3.8, 4) is 28.6 Å². The number of aromatic nitrogens is 2. The maximum atomic E-state index is 12.5. The number of halogens is 1. The Kier molecular flexibility index (Phi) is 6.10. The summed E-state index contributed by atoms with van der Waals surface area (Å²) in [5.41, 5.74) is 1.42. The van der Waals surface area contributed by atoms with Gasteiger partial charge >= 0.3 is 0 Å². The average molecular weight is 412 g/mol. The molecular formula is C22H22ClN3O3. The summed E-state index contributed by atoms with van der Waals surface area (Å²) in [6.07, 6.45) is 4.47. The minimum atomic E-state index is -0.00395.